The fourth-order valence-electron chi connectivity index (χ4n) is 0.776. The summed E-state index contributed by atoms with van der Waals surface area (Å²) < 4.78 is 29.7. The van der Waals surface area contributed by atoms with Crippen molar-refractivity contribution in [3.63, 3.8) is 0 Å². The predicted octanol–water partition coefficient (Wildman–Crippen LogP) is 0.861. The minimum absolute atomic E-state index is 0. The fourth-order valence-corrected chi connectivity index (χ4v) is 1.36. The van der Waals surface area contributed by atoms with Gasteiger partial charge in [0, 0.05) is 25.8 Å². The van der Waals surface area contributed by atoms with Crippen LogP contribution in [0.4, 0.5) is 0 Å². The van der Waals surface area contributed by atoms with Crippen LogP contribution in [0.2, 0.25) is 0 Å². The maximum absolute atomic E-state index is 10.5. The normalized spacial score (nSPS) is 10.5. The summed E-state index contributed by atoms with van der Waals surface area (Å²) in [5.41, 5.74) is 0.806. The third-order valence-electron chi connectivity index (χ3n) is 1.29. The van der Waals surface area contributed by atoms with Crippen LogP contribution in [0, 0.1) is 6.92 Å². The average Bonchev–Trinajstić information content (AvgIpc) is 1.86. The van der Waals surface area contributed by atoms with E-state index in [4.69, 9.17) is 4.55 Å². The Morgan fingerprint density at radius 1 is 1.33 bits per heavy atom. The Morgan fingerprint density at radius 2 is 1.92 bits per heavy atom. The first-order valence-corrected chi connectivity index (χ1v) is 4.48. The van der Waals surface area contributed by atoms with E-state index in [1.807, 2.05) is 0 Å². The molecule has 0 spiro atoms. The molecule has 0 aliphatic rings. The standard InChI is InChI=1S/C7H8O3S.In/c1-6-3-2-4-7(5-6)11(8,9)10;/h2-5H,1H3,(H,8,9,10);. The molecule has 0 unspecified atom stereocenters. The fraction of sp³-hybridized carbons (Fsp3) is 0.143. The summed E-state index contributed by atoms with van der Waals surface area (Å²) in [5.74, 6) is 0. The van der Waals surface area contributed by atoms with Crippen LogP contribution in [0.25, 0.3) is 0 Å². The van der Waals surface area contributed by atoms with Gasteiger partial charge in [-0.1, -0.05) is 12.1 Å². The largest absolute Gasteiger partial charge is 0.294 e. The molecule has 0 heterocycles. The van der Waals surface area contributed by atoms with Crippen molar-refractivity contribution in [2.45, 2.75) is 11.8 Å². The van der Waals surface area contributed by atoms with Crippen LogP contribution < -0.4 is 0 Å². The molecule has 0 aromatic heterocycles. The Morgan fingerprint density at radius 3 is 2.25 bits per heavy atom. The summed E-state index contributed by atoms with van der Waals surface area (Å²) in [5, 5.41) is 0. The quantitative estimate of drug-likeness (QED) is 0.779. The minimum atomic E-state index is -4.03. The van der Waals surface area contributed by atoms with Crippen molar-refractivity contribution in [3.8, 4) is 0 Å². The Hall–Kier alpha value is 0.000130. The molecule has 0 bridgehead atoms. The zero-order chi connectivity index (χ0) is 8.48. The Balaban J connectivity index is 0.00000121. The molecule has 12 heavy (non-hydrogen) atoms. The van der Waals surface area contributed by atoms with Gasteiger partial charge in [-0.15, -0.1) is 0 Å². The molecule has 0 saturated carbocycles. The second-order valence-corrected chi connectivity index (χ2v) is 3.71. The van der Waals surface area contributed by atoms with Gasteiger partial charge in [-0.05, 0) is 24.6 Å². The smallest absolute Gasteiger partial charge is 0.282 e. The minimum Gasteiger partial charge on any atom is -0.282 e. The van der Waals surface area contributed by atoms with Gasteiger partial charge in [0.2, 0.25) is 0 Å². The molecule has 5 heteroatoms. The van der Waals surface area contributed by atoms with Crippen molar-refractivity contribution < 1.29 is 13.0 Å². The van der Waals surface area contributed by atoms with Crippen LogP contribution in [0.3, 0.4) is 0 Å². The zero-order valence-corrected chi connectivity index (χ0v) is 10.7. The molecule has 1 N–H and O–H groups in total. The Bertz CT molecular complexity index is 359. The molecule has 0 saturated heterocycles. The summed E-state index contributed by atoms with van der Waals surface area (Å²) in [6.07, 6.45) is 0. The van der Waals surface area contributed by atoms with Gasteiger partial charge in [0.05, 0.1) is 4.90 Å². The Kier molecular flexibility index (Phi) is 4.30. The van der Waals surface area contributed by atoms with Gasteiger partial charge in [-0.2, -0.15) is 8.42 Å². The number of hydrogen-bond acceptors (Lipinski definition) is 2. The number of hydrogen-bond donors (Lipinski definition) is 1. The topological polar surface area (TPSA) is 54.4 Å². The molecule has 1 aromatic carbocycles. The summed E-state index contributed by atoms with van der Waals surface area (Å²) in [6.45, 7) is 1.76. The Labute approximate surface area is 90.3 Å². The van der Waals surface area contributed by atoms with Crippen LogP contribution in [0.5, 0.6) is 0 Å². The molecule has 3 radical (unpaired) electrons. The predicted molar refractivity (Wildman–Crippen MR) is 46.7 cm³/mol. The molecule has 0 amide bonds. The molecule has 1 aromatic rings. The van der Waals surface area contributed by atoms with Crippen LogP contribution >= 0.6 is 0 Å². The second kappa shape index (κ2) is 4.30. The zero-order valence-electron chi connectivity index (χ0n) is 6.56. The van der Waals surface area contributed by atoms with E-state index < -0.39 is 10.1 Å². The van der Waals surface area contributed by atoms with E-state index in [2.05, 4.69) is 0 Å². The maximum Gasteiger partial charge on any atom is 0.294 e. The molecule has 1 rings (SSSR count). The van der Waals surface area contributed by atoms with Gasteiger partial charge in [0.1, 0.15) is 0 Å². The van der Waals surface area contributed by atoms with Crippen molar-refractivity contribution in [2.24, 2.45) is 0 Å². The monoisotopic (exact) mass is 287 g/mol. The van der Waals surface area contributed by atoms with Gasteiger partial charge >= 0.3 is 0 Å². The van der Waals surface area contributed by atoms with Gasteiger partial charge in [-0.3, -0.25) is 4.55 Å². The second-order valence-electron chi connectivity index (χ2n) is 2.29. The van der Waals surface area contributed by atoms with E-state index >= 15 is 0 Å². The molecule has 63 valence electrons. The maximum atomic E-state index is 10.5. The third kappa shape index (κ3) is 3.16. The molecule has 3 nitrogen and oxygen atoms in total. The molecule has 0 atom stereocenters. The van der Waals surface area contributed by atoms with Gasteiger partial charge in [0.15, 0.2) is 0 Å². The van der Waals surface area contributed by atoms with Gasteiger partial charge < -0.3 is 0 Å². The van der Waals surface area contributed by atoms with Crippen molar-refractivity contribution in [2.75, 3.05) is 0 Å². The SMILES string of the molecule is Cc1cccc(S(=O)(=O)O)c1.[In]. The van der Waals surface area contributed by atoms with Crippen molar-refractivity contribution in [1.82, 2.24) is 0 Å². The first kappa shape index (κ1) is 12.0. The average molecular weight is 287 g/mol. The van der Waals surface area contributed by atoms with Gasteiger partial charge in [0.25, 0.3) is 10.1 Å². The van der Waals surface area contributed by atoms with E-state index in [9.17, 15) is 8.42 Å². The molecular weight excluding hydrogens is 279 g/mol. The van der Waals surface area contributed by atoms with E-state index in [0.29, 0.717) is 0 Å². The first-order valence-electron chi connectivity index (χ1n) is 3.04. The van der Waals surface area contributed by atoms with Crippen molar-refractivity contribution in [3.05, 3.63) is 29.8 Å². The van der Waals surface area contributed by atoms with Crippen molar-refractivity contribution >= 4 is 36.0 Å². The van der Waals surface area contributed by atoms with Crippen molar-refractivity contribution in [1.29, 1.82) is 0 Å². The molecule has 0 aliphatic carbocycles. The van der Waals surface area contributed by atoms with Crippen LogP contribution in [0.15, 0.2) is 29.2 Å². The van der Waals surface area contributed by atoms with E-state index in [1.54, 1.807) is 19.1 Å². The summed E-state index contributed by atoms with van der Waals surface area (Å²) in [4.78, 5) is -0.0579. The number of rotatable bonds is 1. The van der Waals surface area contributed by atoms with E-state index in [0.717, 1.165) is 5.56 Å². The molecule has 0 fully saturated rings. The number of benzene rings is 1. The molecular formula is C7H8InO3S. The summed E-state index contributed by atoms with van der Waals surface area (Å²) in [6, 6.07) is 6.10. The van der Waals surface area contributed by atoms with Crippen LogP contribution in [0.1, 0.15) is 5.56 Å². The van der Waals surface area contributed by atoms with Crippen LogP contribution in [-0.2, 0) is 10.1 Å². The van der Waals surface area contributed by atoms with Gasteiger partial charge in [-0.25, -0.2) is 0 Å². The summed E-state index contributed by atoms with van der Waals surface area (Å²) >= 11 is 0. The number of aryl methyl sites for hydroxylation is 1. The van der Waals surface area contributed by atoms with E-state index in [-0.39, 0.29) is 30.7 Å². The van der Waals surface area contributed by atoms with E-state index in [1.165, 1.54) is 12.1 Å². The molecule has 0 aliphatic heterocycles. The van der Waals surface area contributed by atoms with Crippen LogP contribution in [-0.4, -0.2) is 38.8 Å². The first-order chi connectivity index (χ1) is 5.00. The third-order valence-corrected chi connectivity index (χ3v) is 2.14. The summed E-state index contributed by atoms with van der Waals surface area (Å²) in [7, 11) is -4.03.